The number of likely N-dealkylation sites (tertiary alicyclic amines) is 1. The second kappa shape index (κ2) is 7.92. The lowest BCUT2D eigenvalue weighted by molar-refractivity contribution is -0.309. The minimum Gasteiger partial charge on any atom is -0.485 e. The molecule has 39 heavy (non-hydrogen) atoms. The van der Waals surface area contributed by atoms with Crippen molar-refractivity contribution in [3.05, 3.63) is 59.2 Å². The predicted octanol–water partition coefficient (Wildman–Crippen LogP) is 5.36. The van der Waals surface area contributed by atoms with Crippen molar-refractivity contribution in [2.45, 2.75) is 95.2 Å². The number of ether oxygens (including phenoxy) is 3. The van der Waals surface area contributed by atoms with Gasteiger partial charge in [0.1, 0.15) is 18.3 Å². The summed E-state index contributed by atoms with van der Waals surface area (Å²) in [5.41, 5.74) is 1.25. The standard InChI is InChI=1S/C33H40N2O4/c1-29(2,3)30(4,36)24-18-31-13-14-33(24,37-5)28-32(31)15-16-35(20-34)25(31)17-22-11-12-23(27(39-28)26(22)32)38-19-21-9-7-6-8-10-21/h6-12,24-25,28,36H,13-19H2,1-5H3/t24-,25?,28?,30?,31-,32?,33-/m1/s1. The molecular weight excluding hydrogens is 488 g/mol. The van der Waals surface area contributed by atoms with E-state index in [1.165, 1.54) is 11.1 Å². The van der Waals surface area contributed by atoms with Crippen molar-refractivity contribution in [1.82, 2.24) is 4.90 Å². The molecule has 4 bridgehead atoms. The van der Waals surface area contributed by atoms with Gasteiger partial charge in [-0.15, -0.1) is 0 Å². The van der Waals surface area contributed by atoms with Gasteiger partial charge < -0.3 is 24.2 Å². The quantitative estimate of drug-likeness (QED) is 0.527. The summed E-state index contributed by atoms with van der Waals surface area (Å²) in [5.74, 6) is 1.51. The molecule has 1 saturated heterocycles. The SMILES string of the molecule is CO[C@]12CC[C@@]3(C[C@@H]1C(C)(O)C(C)(C)C)C1Cc4ccc(OCc5ccccc5)c5c4C3(CCN1C#N)C2O5. The van der Waals surface area contributed by atoms with E-state index in [0.29, 0.717) is 6.61 Å². The van der Waals surface area contributed by atoms with Crippen LogP contribution in [0.1, 0.15) is 70.1 Å². The van der Waals surface area contributed by atoms with Crippen LogP contribution in [0, 0.1) is 28.2 Å². The van der Waals surface area contributed by atoms with Crippen molar-refractivity contribution in [2.24, 2.45) is 16.7 Å². The van der Waals surface area contributed by atoms with Crippen molar-refractivity contribution < 1.29 is 19.3 Å². The Labute approximate surface area is 231 Å². The zero-order chi connectivity index (χ0) is 27.4. The van der Waals surface area contributed by atoms with Crippen LogP contribution in [0.25, 0.3) is 0 Å². The molecule has 4 aliphatic carbocycles. The zero-order valence-corrected chi connectivity index (χ0v) is 23.8. The van der Waals surface area contributed by atoms with Crippen LogP contribution in [0.15, 0.2) is 42.5 Å². The molecule has 2 aromatic rings. The Balaban J connectivity index is 1.42. The first-order valence-corrected chi connectivity index (χ1v) is 14.5. The average molecular weight is 529 g/mol. The molecule has 0 aromatic heterocycles. The molecule has 2 heterocycles. The summed E-state index contributed by atoms with van der Waals surface area (Å²) in [7, 11) is 1.81. The van der Waals surface area contributed by atoms with Crippen molar-refractivity contribution in [3.8, 4) is 17.7 Å². The number of nitrogens with zero attached hydrogens (tertiary/aromatic N) is 2. The minimum absolute atomic E-state index is 0.0883. The Bertz CT molecular complexity index is 1360. The summed E-state index contributed by atoms with van der Waals surface area (Å²) in [6, 6.07) is 14.6. The third-order valence-corrected chi connectivity index (χ3v) is 11.9. The van der Waals surface area contributed by atoms with Crippen LogP contribution in [-0.4, -0.2) is 47.0 Å². The van der Waals surface area contributed by atoms with E-state index in [0.717, 1.165) is 55.7 Å². The molecule has 2 spiro atoms. The first kappa shape index (κ1) is 25.2. The molecular formula is C33H40N2O4. The van der Waals surface area contributed by atoms with Gasteiger partial charge in [-0.05, 0) is 61.6 Å². The van der Waals surface area contributed by atoms with Crippen LogP contribution in [-0.2, 0) is 23.2 Å². The van der Waals surface area contributed by atoms with E-state index >= 15 is 0 Å². The number of nitriles is 1. The summed E-state index contributed by atoms with van der Waals surface area (Å²) in [5, 5.41) is 22.5. The molecule has 2 aliphatic heterocycles. The van der Waals surface area contributed by atoms with E-state index in [4.69, 9.17) is 14.2 Å². The highest BCUT2D eigenvalue weighted by Crippen LogP contribution is 2.78. The molecule has 206 valence electrons. The summed E-state index contributed by atoms with van der Waals surface area (Å²) in [6.45, 7) is 9.54. The van der Waals surface area contributed by atoms with E-state index in [1.54, 1.807) is 0 Å². The van der Waals surface area contributed by atoms with E-state index in [9.17, 15) is 10.4 Å². The lowest BCUT2D eigenvalue weighted by Gasteiger charge is -2.75. The van der Waals surface area contributed by atoms with Crippen LogP contribution in [0.4, 0.5) is 0 Å². The number of benzene rings is 2. The summed E-state index contributed by atoms with van der Waals surface area (Å²) in [6.07, 6.45) is 6.58. The molecule has 3 saturated carbocycles. The normalized spacial score (nSPS) is 36.9. The number of aliphatic hydroxyl groups is 1. The summed E-state index contributed by atoms with van der Waals surface area (Å²) in [4.78, 5) is 2.04. The fourth-order valence-corrected chi connectivity index (χ4v) is 9.59. The monoisotopic (exact) mass is 528 g/mol. The second-order valence-electron chi connectivity index (χ2n) is 13.9. The van der Waals surface area contributed by atoms with Gasteiger partial charge in [0.25, 0.3) is 0 Å². The van der Waals surface area contributed by atoms with Gasteiger partial charge in [0.05, 0.1) is 5.60 Å². The smallest absolute Gasteiger partial charge is 0.179 e. The number of fused-ring (bicyclic) bond motifs is 2. The lowest BCUT2D eigenvalue weighted by atomic mass is 9.33. The Hall–Kier alpha value is -2.75. The molecule has 4 unspecified atom stereocenters. The highest BCUT2D eigenvalue weighted by molar-refractivity contribution is 5.64. The van der Waals surface area contributed by atoms with Crippen LogP contribution in [0.5, 0.6) is 11.5 Å². The van der Waals surface area contributed by atoms with Gasteiger partial charge in [0, 0.05) is 42.0 Å². The van der Waals surface area contributed by atoms with Crippen molar-refractivity contribution in [3.63, 3.8) is 0 Å². The molecule has 6 aliphatic rings. The van der Waals surface area contributed by atoms with Crippen LogP contribution in [0.3, 0.4) is 0 Å². The Morgan fingerprint density at radius 3 is 2.56 bits per heavy atom. The van der Waals surface area contributed by atoms with Gasteiger partial charge in [-0.2, -0.15) is 5.26 Å². The summed E-state index contributed by atoms with van der Waals surface area (Å²) < 4.78 is 20.2. The van der Waals surface area contributed by atoms with E-state index in [2.05, 4.69) is 51.2 Å². The first-order valence-electron chi connectivity index (χ1n) is 14.5. The topological polar surface area (TPSA) is 75.0 Å². The van der Waals surface area contributed by atoms with Crippen LogP contribution < -0.4 is 9.47 Å². The molecule has 1 N–H and O–H groups in total. The van der Waals surface area contributed by atoms with Crippen LogP contribution >= 0.6 is 0 Å². The van der Waals surface area contributed by atoms with Gasteiger partial charge >= 0.3 is 0 Å². The first-order chi connectivity index (χ1) is 18.6. The maximum absolute atomic E-state index is 12.3. The predicted molar refractivity (Wildman–Crippen MR) is 147 cm³/mol. The third kappa shape index (κ3) is 2.88. The Kier molecular flexibility index (Phi) is 5.13. The Morgan fingerprint density at radius 1 is 1.10 bits per heavy atom. The fourth-order valence-electron chi connectivity index (χ4n) is 9.59. The molecule has 0 amide bonds. The highest BCUT2D eigenvalue weighted by atomic mass is 16.6. The average Bonchev–Trinajstić information content (AvgIpc) is 3.29. The summed E-state index contributed by atoms with van der Waals surface area (Å²) >= 11 is 0. The van der Waals surface area contributed by atoms with Gasteiger partial charge in [0.15, 0.2) is 17.7 Å². The molecule has 7 atom stereocenters. The van der Waals surface area contributed by atoms with Crippen molar-refractivity contribution in [2.75, 3.05) is 13.7 Å². The van der Waals surface area contributed by atoms with Gasteiger partial charge in [-0.1, -0.05) is 57.2 Å². The molecule has 6 nitrogen and oxygen atoms in total. The van der Waals surface area contributed by atoms with Crippen molar-refractivity contribution in [1.29, 1.82) is 5.26 Å². The minimum atomic E-state index is -0.991. The highest BCUT2D eigenvalue weighted by Gasteiger charge is 2.82. The van der Waals surface area contributed by atoms with Crippen molar-refractivity contribution >= 4 is 0 Å². The van der Waals surface area contributed by atoms with Gasteiger partial charge in [0.2, 0.25) is 0 Å². The van der Waals surface area contributed by atoms with E-state index < -0.39 is 11.2 Å². The number of piperidine rings is 1. The number of hydrogen-bond donors (Lipinski definition) is 1. The lowest BCUT2D eigenvalue weighted by Crippen LogP contribution is -2.83. The number of methoxy groups -OCH3 is 1. The van der Waals surface area contributed by atoms with Crippen LogP contribution in [0.2, 0.25) is 0 Å². The largest absolute Gasteiger partial charge is 0.485 e. The van der Waals surface area contributed by atoms with E-state index in [-0.39, 0.29) is 34.3 Å². The molecule has 8 rings (SSSR count). The third-order valence-electron chi connectivity index (χ3n) is 11.9. The van der Waals surface area contributed by atoms with Gasteiger partial charge in [-0.3, -0.25) is 0 Å². The molecule has 0 radical (unpaired) electrons. The number of hydrogen-bond acceptors (Lipinski definition) is 6. The molecule has 4 fully saturated rings. The second-order valence-corrected chi connectivity index (χ2v) is 13.9. The Morgan fingerprint density at radius 2 is 1.87 bits per heavy atom. The maximum atomic E-state index is 12.3. The van der Waals surface area contributed by atoms with E-state index in [1.807, 2.05) is 37.1 Å². The van der Waals surface area contributed by atoms with Gasteiger partial charge in [-0.25, -0.2) is 0 Å². The maximum Gasteiger partial charge on any atom is 0.179 e. The zero-order valence-electron chi connectivity index (χ0n) is 23.8. The molecule has 6 heteroatoms. The molecule has 2 aromatic carbocycles. The fraction of sp³-hybridized carbons (Fsp3) is 0.606. The number of rotatable bonds is 5.